The normalized spacial score (nSPS) is 24.4. The fourth-order valence-corrected chi connectivity index (χ4v) is 2.36. The van der Waals surface area contributed by atoms with Crippen molar-refractivity contribution in [2.75, 3.05) is 27.4 Å². The van der Waals surface area contributed by atoms with Crippen LogP contribution in [-0.2, 0) is 10.3 Å². The molecule has 1 aliphatic rings. The van der Waals surface area contributed by atoms with E-state index in [9.17, 15) is 0 Å². The lowest BCUT2D eigenvalue weighted by Gasteiger charge is -2.35. The molecule has 17 heavy (non-hydrogen) atoms. The third kappa shape index (κ3) is 2.23. The van der Waals surface area contributed by atoms with Gasteiger partial charge < -0.3 is 19.9 Å². The third-order valence-corrected chi connectivity index (χ3v) is 3.20. The first-order valence-corrected chi connectivity index (χ1v) is 5.79. The Labute approximate surface area is 102 Å². The average molecular weight is 237 g/mol. The third-order valence-electron chi connectivity index (χ3n) is 3.20. The molecule has 1 aliphatic heterocycles. The van der Waals surface area contributed by atoms with Gasteiger partial charge >= 0.3 is 0 Å². The Morgan fingerprint density at radius 2 is 1.88 bits per heavy atom. The first-order chi connectivity index (χ1) is 8.21. The molecular weight excluding hydrogens is 218 g/mol. The van der Waals surface area contributed by atoms with Crippen molar-refractivity contribution in [3.05, 3.63) is 23.8 Å². The van der Waals surface area contributed by atoms with Crippen molar-refractivity contribution < 1.29 is 14.2 Å². The molecule has 0 saturated carbocycles. The predicted octanol–water partition coefficient (Wildman–Crippen LogP) is 1.67. The zero-order chi connectivity index (χ0) is 12.3. The van der Waals surface area contributed by atoms with Crippen molar-refractivity contribution in [2.24, 2.45) is 5.73 Å². The Hall–Kier alpha value is -1.26. The van der Waals surface area contributed by atoms with E-state index < -0.39 is 5.54 Å². The maximum absolute atomic E-state index is 6.45. The maximum atomic E-state index is 6.45. The van der Waals surface area contributed by atoms with Crippen LogP contribution in [0.3, 0.4) is 0 Å². The molecule has 4 nitrogen and oxygen atoms in total. The average Bonchev–Trinajstić information content (AvgIpc) is 2.38. The van der Waals surface area contributed by atoms with E-state index in [-0.39, 0.29) is 0 Å². The summed E-state index contributed by atoms with van der Waals surface area (Å²) in [6.07, 6.45) is 1.83. The van der Waals surface area contributed by atoms with Crippen molar-refractivity contribution >= 4 is 0 Å². The monoisotopic (exact) mass is 237 g/mol. The molecule has 0 bridgehead atoms. The van der Waals surface area contributed by atoms with Crippen molar-refractivity contribution in [2.45, 2.75) is 18.4 Å². The molecule has 1 aromatic rings. The van der Waals surface area contributed by atoms with E-state index >= 15 is 0 Å². The lowest BCUT2D eigenvalue weighted by Crippen LogP contribution is -2.45. The molecule has 1 unspecified atom stereocenters. The molecule has 2 rings (SSSR count). The Kier molecular flexibility index (Phi) is 3.54. The van der Waals surface area contributed by atoms with Crippen LogP contribution in [0.15, 0.2) is 18.2 Å². The van der Waals surface area contributed by atoms with Gasteiger partial charge in [-0.1, -0.05) is 6.07 Å². The smallest absolute Gasteiger partial charge is 0.127 e. The number of hydrogen-bond donors (Lipinski definition) is 1. The Morgan fingerprint density at radius 3 is 2.35 bits per heavy atom. The summed E-state index contributed by atoms with van der Waals surface area (Å²) in [6, 6.07) is 5.70. The second kappa shape index (κ2) is 4.94. The summed E-state index contributed by atoms with van der Waals surface area (Å²) in [5, 5.41) is 0. The fourth-order valence-electron chi connectivity index (χ4n) is 2.36. The molecule has 4 heteroatoms. The number of nitrogens with two attached hydrogens (primary N) is 1. The second-order valence-corrected chi connectivity index (χ2v) is 4.35. The summed E-state index contributed by atoms with van der Waals surface area (Å²) in [6.45, 7) is 1.28. The van der Waals surface area contributed by atoms with Gasteiger partial charge in [-0.05, 0) is 25.0 Å². The van der Waals surface area contributed by atoms with Crippen LogP contribution < -0.4 is 15.2 Å². The quantitative estimate of drug-likeness (QED) is 0.868. The summed E-state index contributed by atoms with van der Waals surface area (Å²) in [7, 11) is 3.29. The van der Waals surface area contributed by atoms with Gasteiger partial charge in [0.25, 0.3) is 0 Å². The molecule has 94 valence electrons. The van der Waals surface area contributed by atoms with E-state index in [4.69, 9.17) is 19.9 Å². The lowest BCUT2D eigenvalue weighted by atomic mass is 9.84. The van der Waals surface area contributed by atoms with Gasteiger partial charge in [0.15, 0.2) is 0 Å². The van der Waals surface area contributed by atoms with Crippen LogP contribution in [0, 0.1) is 0 Å². The van der Waals surface area contributed by atoms with Gasteiger partial charge in [0.1, 0.15) is 11.5 Å². The van der Waals surface area contributed by atoms with Crippen LogP contribution in [0.1, 0.15) is 18.4 Å². The lowest BCUT2D eigenvalue weighted by molar-refractivity contribution is 0.0346. The van der Waals surface area contributed by atoms with E-state index in [1.54, 1.807) is 14.2 Å². The molecule has 0 amide bonds. The fraction of sp³-hybridized carbons (Fsp3) is 0.538. The Bertz CT molecular complexity index is 364. The van der Waals surface area contributed by atoms with Crippen molar-refractivity contribution in [1.82, 2.24) is 0 Å². The van der Waals surface area contributed by atoms with Gasteiger partial charge in [-0.3, -0.25) is 0 Å². The van der Waals surface area contributed by atoms with Gasteiger partial charge in [-0.25, -0.2) is 0 Å². The molecule has 1 atom stereocenters. The van der Waals surface area contributed by atoms with Crippen LogP contribution in [0.4, 0.5) is 0 Å². The summed E-state index contributed by atoms with van der Waals surface area (Å²) < 4.78 is 16.3. The largest absolute Gasteiger partial charge is 0.496 e. The minimum absolute atomic E-state index is 0.504. The zero-order valence-electron chi connectivity index (χ0n) is 10.4. The van der Waals surface area contributed by atoms with Gasteiger partial charge in [0.05, 0.1) is 31.9 Å². The molecule has 1 saturated heterocycles. The minimum atomic E-state index is -0.518. The first-order valence-electron chi connectivity index (χ1n) is 5.79. The molecule has 1 aromatic carbocycles. The number of ether oxygens (including phenoxy) is 3. The topological polar surface area (TPSA) is 53.7 Å². The Balaban J connectivity index is 2.47. The molecule has 2 N–H and O–H groups in total. The number of benzene rings is 1. The van der Waals surface area contributed by atoms with Gasteiger partial charge in [-0.15, -0.1) is 0 Å². The van der Waals surface area contributed by atoms with Crippen LogP contribution in [0.25, 0.3) is 0 Å². The van der Waals surface area contributed by atoms with Gasteiger partial charge in [0, 0.05) is 6.61 Å². The van der Waals surface area contributed by atoms with Crippen molar-refractivity contribution in [1.29, 1.82) is 0 Å². The minimum Gasteiger partial charge on any atom is -0.496 e. The van der Waals surface area contributed by atoms with Crippen LogP contribution >= 0.6 is 0 Å². The molecule has 1 fully saturated rings. The predicted molar refractivity (Wildman–Crippen MR) is 65.5 cm³/mol. The maximum Gasteiger partial charge on any atom is 0.127 e. The highest BCUT2D eigenvalue weighted by Crippen LogP contribution is 2.40. The number of methoxy groups -OCH3 is 2. The molecule has 0 aliphatic carbocycles. The van der Waals surface area contributed by atoms with E-state index in [1.165, 1.54) is 0 Å². The highest BCUT2D eigenvalue weighted by Gasteiger charge is 2.35. The standard InChI is InChI=1S/C13H19NO3/c1-15-10-5-3-6-11(16-2)12(10)13(14)7-4-8-17-9-13/h3,5-6H,4,7-9,14H2,1-2H3. The van der Waals surface area contributed by atoms with Crippen LogP contribution in [0.5, 0.6) is 11.5 Å². The van der Waals surface area contributed by atoms with Crippen molar-refractivity contribution in [3.63, 3.8) is 0 Å². The second-order valence-electron chi connectivity index (χ2n) is 4.35. The van der Waals surface area contributed by atoms with Gasteiger partial charge in [-0.2, -0.15) is 0 Å². The first kappa shape index (κ1) is 12.2. The van der Waals surface area contributed by atoms with E-state index in [0.717, 1.165) is 36.5 Å². The highest BCUT2D eigenvalue weighted by molar-refractivity contribution is 5.49. The van der Waals surface area contributed by atoms with Crippen LogP contribution in [-0.4, -0.2) is 27.4 Å². The molecule has 1 heterocycles. The summed E-state index contributed by atoms with van der Waals surface area (Å²) in [5.41, 5.74) is 6.84. The van der Waals surface area contributed by atoms with E-state index in [0.29, 0.717) is 6.61 Å². The summed E-state index contributed by atoms with van der Waals surface area (Å²) in [4.78, 5) is 0. The number of hydrogen-bond acceptors (Lipinski definition) is 4. The summed E-state index contributed by atoms with van der Waals surface area (Å²) >= 11 is 0. The molecule has 0 aromatic heterocycles. The zero-order valence-corrected chi connectivity index (χ0v) is 10.4. The SMILES string of the molecule is COc1cccc(OC)c1C1(N)CCCOC1. The van der Waals surface area contributed by atoms with E-state index in [1.807, 2.05) is 18.2 Å². The Morgan fingerprint density at radius 1 is 1.24 bits per heavy atom. The molecular formula is C13H19NO3. The number of rotatable bonds is 3. The highest BCUT2D eigenvalue weighted by atomic mass is 16.5. The van der Waals surface area contributed by atoms with Gasteiger partial charge in [0.2, 0.25) is 0 Å². The summed E-state index contributed by atoms with van der Waals surface area (Å²) in [5.74, 6) is 1.52. The molecule has 0 radical (unpaired) electrons. The molecule has 0 spiro atoms. The van der Waals surface area contributed by atoms with Crippen molar-refractivity contribution in [3.8, 4) is 11.5 Å². The van der Waals surface area contributed by atoms with E-state index in [2.05, 4.69) is 0 Å². The van der Waals surface area contributed by atoms with Crippen LogP contribution in [0.2, 0.25) is 0 Å².